The molecular weight excluding hydrogens is 210 g/mol. The van der Waals surface area contributed by atoms with Crippen molar-refractivity contribution in [1.29, 1.82) is 0 Å². The van der Waals surface area contributed by atoms with Crippen LogP contribution in [-0.2, 0) is 15.3 Å². The molecule has 0 saturated carbocycles. The fourth-order valence-corrected chi connectivity index (χ4v) is 1.63. The topological polar surface area (TPSA) is 49.8 Å². The first-order valence-corrected chi connectivity index (χ1v) is 5.06. The summed E-state index contributed by atoms with van der Waals surface area (Å²) >= 11 is 0. The molecule has 0 amide bonds. The summed E-state index contributed by atoms with van der Waals surface area (Å²) in [7, 11) is 3.12. The van der Waals surface area contributed by atoms with Crippen molar-refractivity contribution in [2.24, 2.45) is 0 Å². The molecule has 5 nitrogen and oxygen atoms in total. The van der Waals surface area contributed by atoms with E-state index < -0.39 is 5.79 Å². The molecule has 0 N–H and O–H groups in total. The van der Waals surface area contributed by atoms with Crippen LogP contribution >= 0.6 is 0 Å². The molecule has 1 aromatic rings. The van der Waals surface area contributed by atoms with Gasteiger partial charge in [0.15, 0.2) is 5.79 Å². The highest BCUT2D eigenvalue weighted by atomic mass is 16.7. The van der Waals surface area contributed by atoms with Crippen LogP contribution in [0.25, 0.3) is 0 Å². The number of aromatic nitrogens is 1. The normalized spacial score (nSPS) is 18.4. The molecule has 0 spiro atoms. The summed E-state index contributed by atoms with van der Waals surface area (Å²) in [5.41, 5.74) is 0.841. The lowest BCUT2D eigenvalue weighted by Gasteiger charge is -2.23. The van der Waals surface area contributed by atoms with Crippen LogP contribution in [0.15, 0.2) is 12.1 Å². The predicted octanol–water partition coefficient (Wildman–Crippen LogP) is 1.32. The Labute approximate surface area is 94.3 Å². The molecule has 1 saturated heterocycles. The Kier molecular flexibility index (Phi) is 2.98. The lowest BCUT2D eigenvalue weighted by Crippen LogP contribution is -2.22. The van der Waals surface area contributed by atoms with Crippen molar-refractivity contribution < 1.29 is 18.9 Å². The number of nitrogens with zero attached hydrogens (tertiary/aromatic N) is 1. The highest BCUT2D eigenvalue weighted by Gasteiger charge is 2.34. The van der Waals surface area contributed by atoms with Crippen molar-refractivity contribution in [3.63, 3.8) is 0 Å². The van der Waals surface area contributed by atoms with Crippen LogP contribution in [0.5, 0.6) is 11.8 Å². The number of methoxy groups -OCH3 is 2. The molecule has 1 aliphatic heterocycles. The molecule has 0 unspecified atom stereocenters. The van der Waals surface area contributed by atoms with E-state index in [2.05, 4.69) is 4.98 Å². The molecule has 2 heterocycles. The Hall–Kier alpha value is -1.33. The van der Waals surface area contributed by atoms with E-state index in [-0.39, 0.29) is 0 Å². The lowest BCUT2D eigenvalue weighted by molar-refractivity contribution is -0.150. The van der Waals surface area contributed by atoms with Crippen molar-refractivity contribution in [1.82, 2.24) is 4.98 Å². The molecule has 0 bridgehead atoms. The monoisotopic (exact) mass is 225 g/mol. The van der Waals surface area contributed by atoms with Crippen molar-refractivity contribution in [3.8, 4) is 11.8 Å². The van der Waals surface area contributed by atoms with Gasteiger partial charge in [-0.05, 0) is 6.92 Å². The van der Waals surface area contributed by atoms with E-state index in [1.807, 2.05) is 6.92 Å². The molecule has 16 heavy (non-hydrogen) atoms. The van der Waals surface area contributed by atoms with Gasteiger partial charge in [0.25, 0.3) is 0 Å². The molecule has 0 aromatic carbocycles. The Morgan fingerprint density at radius 3 is 2.06 bits per heavy atom. The van der Waals surface area contributed by atoms with E-state index in [0.29, 0.717) is 25.0 Å². The van der Waals surface area contributed by atoms with Gasteiger partial charge in [-0.2, -0.15) is 4.98 Å². The van der Waals surface area contributed by atoms with E-state index in [1.165, 1.54) is 0 Å². The third kappa shape index (κ3) is 1.96. The van der Waals surface area contributed by atoms with Crippen molar-refractivity contribution in [3.05, 3.63) is 17.7 Å². The van der Waals surface area contributed by atoms with Gasteiger partial charge in [0.05, 0.1) is 27.4 Å². The van der Waals surface area contributed by atoms with Gasteiger partial charge < -0.3 is 18.9 Å². The van der Waals surface area contributed by atoms with Gasteiger partial charge in [-0.25, -0.2) is 0 Å². The molecule has 0 radical (unpaired) electrons. The van der Waals surface area contributed by atoms with Gasteiger partial charge >= 0.3 is 0 Å². The Morgan fingerprint density at radius 1 is 1.12 bits per heavy atom. The van der Waals surface area contributed by atoms with E-state index in [0.717, 1.165) is 5.56 Å². The van der Waals surface area contributed by atoms with Crippen molar-refractivity contribution in [2.75, 3.05) is 27.4 Å². The highest BCUT2D eigenvalue weighted by molar-refractivity contribution is 5.31. The van der Waals surface area contributed by atoms with Crippen LogP contribution in [0.1, 0.15) is 12.5 Å². The van der Waals surface area contributed by atoms with Gasteiger partial charge in [-0.15, -0.1) is 0 Å². The maximum Gasteiger partial charge on any atom is 0.216 e. The second-order valence-electron chi connectivity index (χ2n) is 3.58. The number of rotatable bonds is 3. The van der Waals surface area contributed by atoms with Gasteiger partial charge in [0.2, 0.25) is 11.8 Å². The molecule has 1 aromatic heterocycles. The number of hydrogen-bond acceptors (Lipinski definition) is 5. The Morgan fingerprint density at radius 2 is 1.62 bits per heavy atom. The zero-order valence-corrected chi connectivity index (χ0v) is 9.65. The SMILES string of the molecule is COc1cc(C2(C)OCCO2)cc(OC)n1. The minimum absolute atomic E-state index is 0.481. The maximum atomic E-state index is 5.56. The first-order chi connectivity index (χ1) is 7.68. The molecule has 0 atom stereocenters. The average molecular weight is 225 g/mol. The quantitative estimate of drug-likeness (QED) is 0.776. The average Bonchev–Trinajstić information content (AvgIpc) is 2.77. The predicted molar refractivity (Wildman–Crippen MR) is 56.6 cm³/mol. The summed E-state index contributed by atoms with van der Waals surface area (Å²) in [6.45, 7) is 3.04. The molecule has 0 aliphatic carbocycles. The summed E-state index contributed by atoms with van der Waals surface area (Å²) in [4.78, 5) is 4.12. The van der Waals surface area contributed by atoms with Crippen molar-refractivity contribution in [2.45, 2.75) is 12.7 Å². The van der Waals surface area contributed by atoms with Crippen LogP contribution in [0.4, 0.5) is 0 Å². The lowest BCUT2D eigenvalue weighted by atomic mass is 10.1. The van der Waals surface area contributed by atoms with E-state index >= 15 is 0 Å². The molecular formula is C11H15NO4. The van der Waals surface area contributed by atoms with E-state index in [9.17, 15) is 0 Å². The van der Waals surface area contributed by atoms with Crippen molar-refractivity contribution >= 4 is 0 Å². The summed E-state index contributed by atoms with van der Waals surface area (Å²) < 4.78 is 21.3. The number of ether oxygens (including phenoxy) is 4. The van der Waals surface area contributed by atoms with Gasteiger partial charge in [0, 0.05) is 17.7 Å². The molecule has 1 aliphatic rings. The first kappa shape index (κ1) is 11.2. The third-order valence-electron chi connectivity index (χ3n) is 2.56. The summed E-state index contributed by atoms with van der Waals surface area (Å²) in [5.74, 6) is 0.230. The highest BCUT2D eigenvalue weighted by Crippen LogP contribution is 2.33. The minimum Gasteiger partial charge on any atom is -0.481 e. The number of hydrogen-bond donors (Lipinski definition) is 0. The summed E-state index contributed by atoms with van der Waals surface area (Å²) in [5, 5.41) is 0. The minimum atomic E-state index is -0.733. The van der Waals surface area contributed by atoms with Crippen LogP contribution in [0.3, 0.4) is 0 Å². The molecule has 5 heteroatoms. The Bertz CT molecular complexity index is 352. The van der Waals surface area contributed by atoms with E-state index in [4.69, 9.17) is 18.9 Å². The smallest absolute Gasteiger partial charge is 0.216 e. The van der Waals surface area contributed by atoms with Crippen LogP contribution in [-0.4, -0.2) is 32.4 Å². The van der Waals surface area contributed by atoms with Crippen LogP contribution < -0.4 is 9.47 Å². The van der Waals surface area contributed by atoms with Crippen LogP contribution in [0, 0.1) is 0 Å². The first-order valence-electron chi connectivity index (χ1n) is 5.06. The largest absolute Gasteiger partial charge is 0.481 e. The molecule has 88 valence electrons. The van der Waals surface area contributed by atoms with E-state index in [1.54, 1.807) is 26.4 Å². The van der Waals surface area contributed by atoms with Crippen LogP contribution in [0.2, 0.25) is 0 Å². The van der Waals surface area contributed by atoms with Gasteiger partial charge in [0.1, 0.15) is 0 Å². The molecule has 1 fully saturated rings. The summed E-state index contributed by atoms with van der Waals surface area (Å²) in [6.07, 6.45) is 0. The second kappa shape index (κ2) is 4.27. The zero-order chi connectivity index (χ0) is 11.6. The summed E-state index contributed by atoms with van der Waals surface area (Å²) in [6, 6.07) is 3.57. The zero-order valence-electron chi connectivity index (χ0n) is 9.65. The second-order valence-corrected chi connectivity index (χ2v) is 3.58. The number of pyridine rings is 1. The van der Waals surface area contributed by atoms with Gasteiger partial charge in [-0.3, -0.25) is 0 Å². The third-order valence-corrected chi connectivity index (χ3v) is 2.56. The van der Waals surface area contributed by atoms with Gasteiger partial charge in [-0.1, -0.05) is 0 Å². The fraction of sp³-hybridized carbons (Fsp3) is 0.545. The fourth-order valence-electron chi connectivity index (χ4n) is 1.63. The molecule has 2 rings (SSSR count). The Balaban J connectivity index is 2.39. The standard InChI is InChI=1S/C11H15NO4/c1-11(15-4-5-16-11)8-6-9(13-2)12-10(7-8)14-3/h6-7H,4-5H2,1-3H3. The maximum absolute atomic E-state index is 5.56.